The molecule has 0 saturated carbocycles. The fourth-order valence-corrected chi connectivity index (χ4v) is 7.29. The number of nitrogens with one attached hydrogen (secondary N) is 1. The van der Waals surface area contributed by atoms with Gasteiger partial charge in [-0.05, 0) is 74.1 Å². The van der Waals surface area contributed by atoms with Crippen LogP contribution in [0.2, 0.25) is 0 Å². The smallest absolute Gasteiger partial charge is 0.243 e. The van der Waals surface area contributed by atoms with Gasteiger partial charge in [0, 0.05) is 41.8 Å². The Morgan fingerprint density at radius 2 is 1.90 bits per heavy atom. The monoisotopic (exact) mass is 435 g/mol. The first-order chi connectivity index (χ1) is 14.9. The van der Waals surface area contributed by atoms with Crippen LogP contribution < -0.4 is 5.32 Å². The van der Waals surface area contributed by atoms with E-state index in [1.54, 1.807) is 22.5 Å². The van der Waals surface area contributed by atoms with E-state index in [9.17, 15) is 13.2 Å². The predicted molar refractivity (Wildman–Crippen MR) is 120 cm³/mol. The first-order valence-electron chi connectivity index (χ1n) is 11.0. The number of nitrogens with zero attached hydrogens (tertiary/aromatic N) is 2. The van der Waals surface area contributed by atoms with Crippen LogP contribution in [0.5, 0.6) is 0 Å². The number of aryl methyl sites for hydroxylation is 3. The molecule has 31 heavy (non-hydrogen) atoms. The minimum Gasteiger partial charge on any atom is -0.341 e. The number of rotatable bonds is 2. The molecule has 1 N–H and O–H groups in total. The summed E-state index contributed by atoms with van der Waals surface area (Å²) in [5.74, 6) is -0.0167. The van der Waals surface area contributed by atoms with Crippen LogP contribution in [-0.4, -0.2) is 29.7 Å². The summed E-state index contributed by atoms with van der Waals surface area (Å²) < 4.78 is 31.6. The molecule has 1 amide bonds. The summed E-state index contributed by atoms with van der Waals surface area (Å²) in [4.78, 5) is 12.0. The van der Waals surface area contributed by atoms with Crippen LogP contribution >= 0.6 is 0 Å². The average molecular weight is 436 g/mol. The largest absolute Gasteiger partial charge is 0.341 e. The minimum absolute atomic E-state index is 0.0167. The Labute approximate surface area is 181 Å². The molecule has 2 aliphatic heterocycles. The van der Waals surface area contributed by atoms with E-state index in [1.165, 1.54) is 27.7 Å². The molecule has 0 spiro atoms. The number of amides is 1. The van der Waals surface area contributed by atoms with Gasteiger partial charge >= 0.3 is 0 Å². The van der Waals surface area contributed by atoms with E-state index >= 15 is 0 Å². The Bertz CT molecular complexity index is 1360. The van der Waals surface area contributed by atoms with Gasteiger partial charge in [0.2, 0.25) is 15.9 Å². The molecule has 0 radical (unpaired) electrons. The maximum absolute atomic E-state index is 13.8. The van der Waals surface area contributed by atoms with Gasteiger partial charge in [-0.2, -0.15) is 4.31 Å². The number of fused-ring (bicyclic) bond motifs is 4. The number of carbonyl (C=O) groups is 1. The quantitative estimate of drug-likeness (QED) is 0.663. The van der Waals surface area contributed by atoms with Gasteiger partial charge in [0.1, 0.15) is 0 Å². The molecule has 0 saturated heterocycles. The third kappa shape index (κ3) is 2.79. The molecule has 2 aromatic carbocycles. The highest BCUT2D eigenvalue weighted by molar-refractivity contribution is 7.89. The van der Waals surface area contributed by atoms with Crippen molar-refractivity contribution in [1.29, 1.82) is 0 Å². The lowest BCUT2D eigenvalue weighted by Crippen LogP contribution is -2.43. The van der Waals surface area contributed by atoms with Gasteiger partial charge in [-0.15, -0.1) is 0 Å². The lowest BCUT2D eigenvalue weighted by atomic mass is 9.90. The Morgan fingerprint density at radius 3 is 2.77 bits per heavy atom. The maximum Gasteiger partial charge on any atom is 0.243 e. The molecule has 3 aliphatic rings. The maximum atomic E-state index is 13.8. The first kappa shape index (κ1) is 19.1. The number of sulfonamides is 1. The van der Waals surface area contributed by atoms with Gasteiger partial charge in [-0.25, -0.2) is 8.42 Å². The molecule has 7 heteroatoms. The summed E-state index contributed by atoms with van der Waals surface area (Å²) in [6.07, 6.45) is 3.82. The lowest BCUT2D eigenvalue weighted by molar-refractivity contribution is -0.116. The van der Waals surface area contributed by atoms with Crippen LogP contribution in [0.3, 0.4) is 0 Å². The Hall–Kier alpha value is -2.64. The number of aromatic nitrogens is 1. The van der Waals surface area contributed by atoms with Gasteiger partial charge in [-0.3, -0.25) is 4.79 Å². The standard InChI is InChI=1S/C24H25N3O3S/c1-15-5-9-21-19(13-15)18-3-2-4-22-24(18)26(21)11-12-27(22)31(29,30)17-7-8-20-16(14-17)6-10-23(28)25-20/h5,7-9,13-14,22H,2-4,6,10-12H2,1H3,(H,25,28)/t22-/m0/s1. The van der Waals surface area contributed by atoms with Crippen LogP contribution in [0.15, 0.2) is 41.3 Å². The summed E-state index contributed by atoms with van der Waals surface area (Å²) in [6.45, 7) is 3.26. The molecule has 3 heterocycles. The van der Waals surface area contributed by atoms with Crippen LogP contribution in [-0.2, 0) is 34.2 Å². The second-order valence-electron chi connectivity index (χ2n) is 8.93. The van der Waals surface area contributed by atoms with E-state index in [0.29, 0.717) is 30.8 Å². The zero-order chi connectivity index (χ0) is 21.3. The highest BCUT2D eigenvalue weighted by atomic mass is 32.2. The second kappa shape index (κ2) is 6.68. The van der Waals surface area contributed by atoms with E-state index in [1.807, 2.05) is 0 Å². The van der Waals surface area contributed by atoms with Crippen molar-refractivity contribution in [1.82, 2.24) is 8.87 Å². The van der Waals surface area contributed by atoms with E-state index in [-0.39, 0.29) is 11.9 Å². The second-order valence-corrected chi connectivity index (χ2v) is 10.8. The third-order valence-electron chi connectivity index (χ3n) is 7.06. The molecule has 0 fully saturated rings. The molecule has 0 bridgehead atoms. The Balaban J connectivity index is 1.44. The number of hydrogen-bond acceptors (Lipinski definition) is 3. The zero-order valence-electron chi connectivity index (χ0n) is 17.5. The van der Waals surface area contributed by atoms with Crippen LogP contribution in [0.4, 0.5) is 5.69 Å². The molecule has 6 nitrogen and oxygen atoms in total. The van der Waals surface area contributed by atoms with Crippen LogP contribution in [0, 0.1) is 6.92 Å². The molecule has 1 atom stereocenters. The number of benzene rings is 2. The molecule has 0 unspecified atom stereocenters. The van der Waals surface area contributed by atoms with Gasteiger partial charge in [0.25, 0.3) is 0 Å². The molecule has 6 rings (SSSR count). The first-order valence-corrected chi connectivity index (χ1v) is 12.4. The van der Waals surface area contributed by atoms with Crippen LogP contribution in [0.25, 0.3) is 10.9 Å². The van der Waals surface area contributed by atoms with Gasteiger partial charge in [0.05, 0.1) is 10.9 Å². The highest BCUT2D eigenvalue weighted by Gasteiger charge is 2.41. The molecule has 3 aromatic rings. The summed E-state index contributed by atoms with van der Waals surface area (Å²) in [5, 5.41) is 4.12. The summed E-state index contributed by atoms with van der Waals surface area (Å²) in [6, 6.07) is 11.6. The predicted octanol–water partition coefficient (Wildman–Crippen LogP) is 3.92. The summed E-state index contributed by atoms with van der Waals surface area (Å²) in [5.41, 5.74) is 6.59. The Kier molecular flexibility index (Phi) is 4.11. The fourth-order valence-electron chi connectivity index (χ4n) is 5.63. The van der Waals surface area contributed by atoms with E-state index in [4.69, 9.17) is 0 Å². The highest BCUT2D eigenvalue weighted by Crippen LogP contribution is 2.44. The van der Waals surface area contributed by atoms with Crippen molar-refractivity contribution >= 4 is 32.5 Å². The topological polar surface area (TPSA) is 71.4 Å². The number of carbonyl (C=O) groups excluding carboxylic acids is 1. The van der Waals surface area contributed by atoms with Crippen molar-refractivity contribution in [3.8, 4) is 0 Å². The lowest BCUT2D eigenvalue weighted by Gasteiger charge is -2.39. The average Bonchev–Trinajstić information content (AvgIpc) is 3.08. The number of anilines is 1. The summed E-state index contributed by atoms with van der Waals surface area (Å²) >= 11 is 0. The van der Waals surface area contributed by atoms with Crippen molar-refractivity contribution in [2.45, 2.75) is 56.5 Å². The molecule has 160 valence electrons. The van der Waals surface area contributed by atoms with Crippen molar-refractivity contribution in [3.63, 3.8) is 0 Å². The van der Waals surface area contributed by atoms with Crippen molar-refractivity contribution in [3.05, 3.63) is 58.8 Å². The van der Waals surface area contributed by atoms with Crippen molar-refractivity contribution in [2.24, 2.45) is 0 Å². The summed E-state index contributed by atoms with van der Waals surface area (Å²) in [7, 11) is -3.63. The van der Waals surface area contributed by atoms with Gasteiger partial charge < -0.3 is 9.88 Å². The van der Waals surface area contributed by atoms with Gasteiger partial charge in [0.15, 0.2) is 0 Å². The zero-order valence-corrected chi connectivity index (χ0v) is 18.3. The SMILES string of the molecule is Cc1ccc2c(c1)c1c3n2CCN(S(=O)(=O)c2ccc4c(c2)CCC(=O)N4)[C@H]3CCC1. The molecular weight excluding hydrogens is 410 g/mol. The van der Waals surface area contributed by atoms with E-state index in [2.05, 4.69) is 35.0 Å². The molecule has 1 aliphatic carbocycles. The van der Waals surface area contributed by atoms with Gasteiger partial charge in [-0.1, -0.05) is 11.6 Å². The van der Waals surface area contributed by atoms with Crippen LogP contribution in [0.1, 0.15) is 47.7 Å². The van der Waals surface area contributed by atoms with Crippen molar-refractivity contribution < 1.29 is 13.2 Å². The fraction of sp³-hybridized carbons (Fsp3) is 0.375. The van der Waals surface area contributed by atoms with Crippen molar-refractivity contribution in [2.75, 3.05) is 11.9 Å². The molecule has 1 aromatic heterocycles. The van der Waals surface area contributed by atoms with E-state index in [0.717, 1.165) is 30.5 Å². The Morgan fingerprint density at radius 1 is 1.03 bits per heavy atom. The number of hydrogen-bond donors (Lipinski definition) is 1. The van der Waals surface area contributed by atoms with E-state index < -0.39 is 10.0 Å². The molecular formula is C24H25N3O3S. The minimum atomic E-state index is -3.63. The normalized spacial score (nSPS) is 20.9. The third-order valence-corrected chi connectivity index (χ3v) is 8.96.